The molecule has 0 saturated heterocycles. The van der Waals surface area contributed by atoms with Crippen molar-refractivity contribution in [3.63, 3.8) is 0 Å². The van der Waals surface area contributed by atoms with E-state index in [4.69, 9.17) is 9.05 Å². The second kappa shape index (κ2) is 10.3. The summed E-state index contributed by atoms with van der Waals surface area (Å²) in [6, 6.07) is 13.0. The Morgan fingerprint density at radius 3 is 1.28 bits per heavy atom. The monoisotopic (exact) mass is 452 g/mol. The third-order valence-corrected chi connectivity index (χ3v) is 6.00. The topological polar surface area (TPSA) is 18.5 Å². The molecule has 0 aromatic heterocycles. The van der Waals surface area contributed by atoms with E-state index < -0.39 is 8.38 Å². The van der Waals surface area contributed by atoms with Gasteiger partial charge in [0.25, 0.3) is 8.38 Å². The van der Waals surface area contributed by atoms with Gasteiger partial charge in [-0.2, -0.15) is 0 Å². The molecule has 32 heavy (non-hydrogen) atoms. The summed E-state index contributed by atoms with van der Waals surface area (Å²) in [7, 11) is -1.15. The van der Waals surface area contributed by atoms with Gasteiger partial charge < -0.3 is 9.05 Å². The van der Waals surface area contributed by atoms with Gasteiger partial charge in [-0.1, -0.05) is 77.0 Å². The van der Waals surface area contributed by atoms with Crippen molar-refractivity contribution in [1.29, 1.82) is 0 Å². The van der Waals surface area contributed by atoms with Crippen LogP contribution in [0.1, 0.15) is 91.5 Å². The van der Waals surface area contributed by atoms with Crippen molar-refractivity contribution >= 4 is 20.5 Å². The number of hydrogen-bond acceptors (Lipinski definition) is 2. The lowest BCUT2D eigenvalue weighted by Crippen LogP contribution is -2.11. The zero-order valence-electron chi connectivity index (χ0n) is 21.9. The van der Waals surface area contributed by atoms with Gasteiger partial charge in [0.15, 0.2) is 0 Å². The average Bonchev–Trinajstić information content (AvgIpc) is 2.62. The molecule has 0 aliphatic carbocycles. The SMILES string of the molecule is CC(C)=Cc1cc(C(C)(C)C)ccc1OP(C)Oc1ccc(C(C)(C)C)cc1C=C(C)C. The summed E-state index contributed by atoms with van der Waals surface area (Å²) in [5.74, 6) is 1.73. The van der Waals surface area contributed by atoms with Gasteiger partial charge in [-0.3, -0.25) is 0 Å². The van der Waals surface area contributed by atoms with E-state index in [1.54, 1.807) is 0 Å². The molecule has 0 saturated carbocycles. The number of rotatable bonds is 6. The van der Waals surface area contributed by atoms with Crippen LogP contribution in [0, 0.1) is 0 Å². The molecule has 0 bridgehead atoms. The van der Waals surface area contributed by atoms with Crippen LogP contribution < -0.4 is 9.05 Å². The first-order chi connectivity index (χ1) is 14.7. The van der Waals surface area contributed by atoms with Crippen molar-refractivity contribution < 1.29 is 9.05 Å². The molecule has 0 atom stereocenters. The standard InChI is InChI=1S/C29H41O2P/c1-20(2)16-22-18-24(28(5,6)7)12-14-26(22)30-32(11)31-27-15-13-25(29(8,9)10)19-23(27)17-21(3)4/h12-19H,1-11H3. The maximum Gasteiger partial charge on any atom is 0.287 e. The van der Waals surface area contributed by atoms with Gasteiger partial charge in [-0.05, 0) is 73.9 Å². The highest BCUT2D eigenvalue weighted by Crippen LogP contribution is 2.42. The predicted molar refractivity (Wildman–Crippen MR) is 143 cm³/mol. The third kappa shape index (κ3) is 7.52. The van der Waals surface area contributed by atoms with Crippen LogP contribution in [0.5, 0.6) is 11.5 Å². The van der Waals surface area contributed by atoms with E-state index >= 15 is 0 Å². The summed E-state index contributed by atoms with van der Waals surface area (Å²) in [4.78, 5) is 0. The van der Waals surface area contributed by atoms with Crippen LogP contribution in [0.25, 0.3) is 12.2 Å². The lowest BCUT2D eigenvalue weighted by atomic mass is 9.86. The van der Waals surface area contributed by atoms with Crippen molar-refractivity contribution in [2.24, 2.45) is 0 Å². The van der Waals surface area contributed by atoms with E-state index in [1.165, 1.54) is 22.3 Å². The van der Waals surface area contributed by atoms with E-state index in [1.807, 2.05) is 6.66 Å². The highest BCUT2D eigenvalue weighted by Gasteiger charge is 2.19. The first-order valence-corrected chi connectivity index (χ1v) is 13.0. The van der Waals surface area contributed by atoms with Crippen LogP contribution in [0.15, 0.2) is 47.5 Å². The largest absolute Gasteiger partial charge is 0.438 e. The molecule has 0 aliphatic heterocycles. The van der Waals surface area contributed by atoms with Crippen molar-refractivity contribution in [1.82, 2.24) is 0 Å². The first-order valence-electron chi connectivity index (χ1n) is 11.4. The van der Waals surface area contributed by atoms with Crippen LogP contribution >= 0.6 is 8.38 Å². The minimum atomic E-state index is -1.15. The van der Waals surface area contributed by atoms with E-state index in [9.17, 15) is 0 Å². The van der Waals surface area contributed by atoms with Crippen molar-refractivity contribution in [3.8, 4) is 11.5 Å². The minimum Gasteiger partial charge on any atom is -0.438 e. The molecule has 0 unspecified atom stereocenters. The van der Waals surface area contributed by atoms with E-state index in [0.29, 0.717) is 0 Å². The molecule has 0 aliphatic rings. The Hall–Kier alpha value is -2.05. The molecule has 0 N–H and O–H groups in total. The van der Waals surface area contributed by atoms with Gasteiger partial charge in [0.1, 0.15) is 11.5 Å². The van der Waals surface area contributed by atoms with Gasteiger partial charge in [-0.15, -0.1) is 0 Å². The maximum absolute atomic E-state index is 6.35. The second-order valence-corrected chi connectivity index (χ2v) is 12.3. The number of allylic oxidation sites excluding steroid dienone is 2. The maximum atomic E-state index is 6.35. The molecule has 0 radical (unpaired) electrons. The second-order valence-electron chi connectivity index (χ2n) is 11.1. The molecular weight excluding hydrogens is 411 g/mol. The third-order valence-electron chi connectivity index (χ3n) is 5.09. The Kier molecular flexibility index (Phi) is 8.40. The van der Waals surface area contributed by atoms with Gasteiger partial charge in [-0.25, -0.2) is 0 Å². The van der Waals surface area contributed by atoms with Crippen LogP contribution in [0.2, 0.25) is 0 Å². The van der Waals surface area contributed by atoms with Crippen molar-refractivity contribution in [2.45, 2.75) is 80.1 Å². The zero-order valence-corrected chi connectivity index (χ0v) is 22.8. The van der Waals surface area contributed by atoms with Crippen LogP contribution in [-0.2, 0) is 10.8 Å². The summed E-state index contributed by atoms with van der Waals surface area (Å²) in [6.07, 6.45) is 4.36. The molecule has 3 heteroatoms. The molecule has 0 amide bonds. The van der Waals surface area contributed by atoms with E-state index in [0.717, 1.165) is 22.6 Å². The zero-order chi connectivity index (χ0) is 24.3. The van der Waals surface area contributed by atoms with Gasteiger partial charge in [0.05, 0.1) is 0 Å². The Bertz CT molecular complexity index is 911. The molecule has 0 spiro atoms. The fourth-order valence-corrected chi connectivity index (χ4v) is 4.26. The lowest BCUT2D eigenvalue weighted by Gasteiger charge is -2.23. The fraction of sp³-hybridized carbons (Fsp3) is 0.448. The molecule has 174 valence electrons. The normalized spacial score (nSPS) is 11.9. The van der Waals surface area contributed by atoms with Gasteiger partial charge >= 0.3 is 0 Å². The lowest BCUT2D eigenvalue weighted by molar-refractivity contribution is 0.494. The Labute approximate surface area is 197 Å². The van der Waals surface area contributed by atoms with Crippen LogP contribution in [0.3, 0.4) is 0 Å². The quantitative estimate of drug-likeness (QED) is 0.406. The highest BCUT2D eigenvalue weighted by molar-refractivity contribution is 7.47. The number of benzene rings is 2. The van der Waals surface area contributed by atoms with Gasteiger partial charge in [0, 0.05) is 17.8 Å². The molecular formula is C29H41O2P. The van der Waals surface area contributed by atoms with E-state index in [-0.39, 0.29) is 10.8 Å². The summed E-state index contributed by atoms with van der Waals surface area (Å²) >= 11 is 0. The van der Waals surface area contributed by atoms with Crippen molar-refractivity contribution in [3.05, 3.63) is 69.8 Å². The van der Waals surface area contributed by atoms with Crippen LogP contribution in [-0.4, -0.2) is 6.66 Å². The molecule has 0 heterocycles. The summed E-state index contributed by atoms with van der Waals surface area (Å²) in [5.41, 5.74) is 7.45. The Balaban J connectivity index is 2.35. The van der Waals surface area contributed by atoms with E-state index in [2.05, 4.69) is 118 Å². The van der Waals surface area contributed by atoms with Crippen LogP contribution in [0.4, 0.5) is 0 Å². The van der Waals surface area contributed by atoms with Gasteiger partial charge in [0.2, 0.25) is 0 Å². The predicted octanol–water partition coefficient (Wildman–Crippen LogP) is 9.53. The first kappa shape index (κ1) is 26.2. The molecule has 0 fully saturated rings. The Morgan fingerprint density at radius 1 is 0.656 bits per heavy atom. The molecule has 2 aromatic carbocycles. The summed E-state index contributed by atoms with van der Waals surface area (Å²) in [5, 5.41) is 0. The average molecular weight is 453 g/mol. The number of hydrogen-bond donors (Lipinski definition) is 0. The fourth-order valence-electron chi connectivity index (χ4n) is 3.34. The highest BCUT2D eigenvalue weighted by atomic mass is 31.2. The minimum absolute atomic E-state index is 0.0876. The smallest absolute Gasteiger partial charge is 0.287 e. The summed E-state index contributed by atoms with van der Waals surface area (Å²) in [6.45, 7) is 23.9. The molecule has 2 nitrogen and oxygen atoms in total. The summed E-state index contributed by atoms with van der Waals surface area (Å²) < 4.78 is 12.7. The molecule has 2 aromatic rings. The molecule has 2 rings (SSSR count). The Morgan fingerprint density at radius 2 is 1.00 bits per heavy atom. The van der Waals surface area contributed by atoms with Crippen molar-refractivity contribution in [2.75, 3.05) is 6.66 Å².